The predicted octanol–water partition coefficient (Wildman–Crippen LogP) is 4.84. The lowest BCUT2D eigenvalue weighted by Gasteiger charge is -2.46. The highest BCUT2D eigenvalue weighted by atomic mass is 19.4. The van der Waals surface area contributed by atoms with E-state index in [0.29, 0.717) is 40.8 Å². The summed E-state index contributed by atoms with van der Waals surface area (Å²) in [5.41, 5.74) is 8.36. The normalized spacial score (nSPS) is 22.6. The molecule has 0 bridgehead atoms. The highest BCUT2D eigenvalue weighted by Gasteiger charge is 2.55. The van der Waals surface area contributed by atoms with Crippen molar-refractivity contribution in [2.45, 2.75) is 43.4 Å². The molecule has 242 valence electrons. The van der Waals surface area contributed by atoms with Crippen LogP contribution in [-0.4, -0.2) is 77.7 Å². The van der Waals surface area contributed by atoms with Gasteiger partial charge in [0.2, 0.25) is 0 Å². The Labute approximate surface area is 266 Å². The zero-order valence-electron chi connectivity index (χ0n) is 25.5. The summed E-state index contributed by atoms with van der Waals surface area (Å²) in [4.78, 5) is 20.2. The monoisotopic (exact) mass is 633 g/mol. The van der Waals surface area contributed by atoms with E-state index in [-0.39, 0.29) is 11.5 Å². The quantitative estimate of drug-likeness (QED) is 0.402. The molecule has 0 spiro atoms. The van der Waals surface area contributed by atoms with Gasteiger partial charge in [-0.2, -0.15) is 13.2 Å². The van der Waals surface area contributed by atoms with E-state index in [0.717, 1.165) is 76.7 Å². The summed E-state index contributed by atoms with van der Waals surface area (Å²) < 4.78 is 47.9. The van der Waals surface area contributed by atoms with E-state index in [1.807, 2.05) is 30.3 Å². The highest BCUT2D eigenvalue weighted by molar-refractivity contribution is 6.02. The number of ether oxygens (including phenoxy) is 1. The van der Waals surface area contributed by atoms with Crippen LogP contribution >= 0.6 is 0 Å². The van der Waals surface area contributed by atoms with Crippen molar-refractivity contribution in [3.05, 3.63) is 112 Å². The third-order valence-electron chi connectivity index (χ3n) is 9.88. The molecule has 0 atom stereocenters. The average molecular weight is 634 g/mol. The van der Waals surface area contributed by atoms with Gasteiger partial charge in [0.05, 0.1) is 47.0 Å². The fraction of sp³-hybridized carbons (Fsp3) is 0.400. The molecule has 0 aromatic heterocycles. The van der Waals surface area contributed by atoms with E-state index in [9.17, 15) is 23.1 Å². The number of halogens is 3. The number of nitrogens with two attached hydrogens (primary N) is 1. The molecule has 2 aromatic rings. The Balaban J connectivity index is 1.38. The summed E-state index contributed by atoms with van der Waals surface area (Å²) in [7, 11) is 0. The average Bonchev–Trinajstić information content (AvgIpc) is 3.87. The summed E-state index contributed by atoms with van der Waals surface area (Å²) in [5.74, 6) is -0.856. The minimum absolute atomic E-state index is 0.143. The molecule has 0 unspecified atom stereocenters. The number of dihydropyridines is 1. The van der Waals surface area contributed by atoms with Gasteiger partial charge in [-0.1, -0.05) is 42.5 Å². The van der Waals surface area contributed by atoms with Crippen LogP contribution in [0.4, 0.5) is 13.2 Å². The van der Waals surface area contributed by atoms with Crippen molar-refractivity contribution >= 4 is 11.6 Å². The number of alkyl halides is 3. The zero-order valence-corrected chi connectivity index (χ0v) is 25.5. The smallest absolute Gasteiger partial charge is 0.416 e. The van der Waals surface area contributed by atoms with E-state index >= 15 is 0 Å². The summed E-state index contributed by atoms with van der Waals surface area (Å²) in [6, 6.07) is 15.7. The Morgan fingerprint density at radius 2 is 1.72 bits per heavy atom. The minimum atomic E-state index is -4.55. The van der Waals surface area contributed by atoms with Gasteiger partial charge < -0.3 is 25.8 Å². The fourth-order valence-electron chi connectivity index (χ4n) is 7.51. The van der Waals surface area contributed by atoms with E-state index in [2.05, 4.69) is 20.0 Å². The third kappa shape index (κ3) is 5.61. The van der Waals surface area contributed by atoms with Crippen molar-refractivity contribution < 1.29 is 27.8 Å². The largest absolute Gasteiger partial charge is 0.495 e. The Bertz CT molecular complexity index is 1630. The van der Waals surface area contributed by atoms with Crippen LogP contribution in [-0.2, 0) is 21.2 Å². The molecule has 8 nitrogen and oxygen atoms in total. The van der Waals surface area contributed by atoms with Crippen molar-refractivity contribution in [2.24, 2.45) is 5.73 Å². The van der Waals surface area contributed by atoms with Gasteiger partial charge in [-0.25, -0.2) is 0 Å². The number of likely N-dealkylation sites (tertiary alicyclic amines) is 1. The molecule has 4 N–H and O–H groups in total. The fourth-order valence-corrected chi connectivity index (χ4v) is 7.51. The van der Waals surface area contributed by atoms with Crippen LogP contribution < -0.4 is 11.1 Å². The summed E-state index contributed by atoms with van der Waals surface area (Å²) in [6.45, 7) is 5.09. The minimum Gasteiger partial charge on any atom is -0.495 e. The number of aliphatic hydroxyl groups excluding tert-OH is 1. The number of fused-ring (bicyclic) bond motifs is 1. The van der Waals surface area contributed by atoms with Crippen LogP contribution in [0.15, 0.2) is 95.2 Å². The molecule has 1 saturated carbocycles. The van der Waals surface area contributed by atoms with Gasteiger partial charge >= 0.3 is 6.18 Å². The van der Waals surface area contributed by atoms with Crippen molar-refractivity contribution in [1.29, 1.82) is 0 Å². The third-order valence-corrected chi connectivity index (χ3v) is 9.88. The molecule has 2 aromatic carbocycles. The first-order valence-corrected chi connectivity index (χ1v) is 15.9. The van der Waals surface area contributed by atoms with E-state index in [1.54, 1.807) is 12.1 Å². The number of morpholine rings is 1. The number of rotatable bonds is 7. The first-order valence-electron chi connectivity index (χ1n) is 15.9. The summed E-state index contributed by atoms with van der Waals surface area (Å²) in [5, 5.41) is 13.6. The number of primary amides is 1. The van der Waals surface area contributed by atoms with Gasteiger partial charge in [0.1, 0.15) is 0 Å². The number of hydrogen-bond acceptors (Lipinski definition) is 7. The van der Waals surface area contributed by atoms with E-state index < -0.39 is 23.2 Å². The molecule has 1 amide bonds. The summed E-state index contributed by atoms with van der Waals surface area (Å²) >= 11 is 0. The molecule has 7 rings (SSSR count). The molecule has 4 heterocycles. The van der Waals surface area contributed by atoms with Crippen LogP contribution in [0.3, 0.4) is 0 Å². The molecule has 2 saturated heterocycles. The lowest BCUT2D eigenvalue weighted by molar-refractivity contribution is -0.137. The molecular formula is C35H38F3N5O3. The number of piperidine rings is 1. The Hall–Kier alpha value is -4.06. The molecular weight excluding hydrogens is 595 g/mol. The second kappa shape index (κ2) is 11.9. The number of nitrogens with zero attached hydrogens (tertiary/aromatic N) is 3. The number of nitrogens with one attached hydrogen (secondary N) is 1. The van der Waals surface area contributed by atoms with Gasteiger partial charge in [0.15, 0.2) is 5.88 Å². The standard InChI is InChI=1S/C35H38F3N5O3/c36-35(37,38)25-8-4-5-23(21-25)32-27(22-41-15-11-26(12-16-41)42-17-19-46-20-18-42)30(33(39)45)31-28(9-10-29(44)40-31)43(32)34(13-14-34)24-6-2-1-3-7-24/h1-10,21,26,40,44H,11-20,22H2,(H2,39,45). The van der Waals surface area contributed by atoms with Crippen molar-refractivity contribution in [3.8, 4) is 0 Å². The van der Waals surface area contributed by atoms with Gasteiger partial charge in [-0.15, -0.1) is 0 Å². The van der Waals surface area contributed by atoms with Crippen LogP contribution in [0.25, 0.3) is 5.70 Å². The number of benzene rings is 2. The van der Waals surface area contributed by atoms with Crippen molar-refractivity contribution in [2.75, 3.05) is 45.9 Å². The SMILES string of the molecule is NC(=O)C1=C2NC(O)=CC=C2N(C2(c3ccccc3)CC2)C(c2cccc(C(F)(F)F)c2)=C1CN1CCC(N2CCOCC2)CC1. The van der Waals surface area contributed by atoms with Crippen LogP contribution in [0, 0.1) is 0 Å². The summed E-state index contributed by atoms with van der Waals surface area (Å²) in [6.07, 6.45) is 2.02. The molecule has 1 aliphatic carbocycles. The maximum atomic E-state index is 14.1. The Kier molecular flexibility index (Phi) is 7.94. The number of carbonyl (C=O) groups excluding carboxylic acids is 1. The maximum absolute atomic E-state index is 14.1. The first-order chi connectivity index (χ1) is 22.2. The van der Waals surface area contributed by atoms with E-state index in [4.69, 9.17) is 10.5 Å². The Morgan fingerprint density at radius 3 is 2.37 bits per heavy atom. The topological polar surface area (TPSA) is 94.3 Å². The molecule has 46 heavy (non-hydrogen) atoms. The van der Waals surface area contributed by atoms with Gasteiger partial charge in [0, 0.05) is 37.3 Å². The van der Waals surface area contributed by atoms with Crippen LogP contribution in [0.2, 0.25) is 0 Å². The van der Waals surface area contributed by atoms with Gasteiger partial charge in [-0.05, 0) is 68.1 Å². The molecule has 0 radical (unpaired) electrons. The lowest BCUT2D eigenvalue weighted by Crippen LogP contribution is -2.50. The number of aliphatic hydroxyl groups is 1. The lowest BCUT2D eigenvalue weighted by atomic mass is 9.86. The second-order valence-electron chi connectivity index (χ2n) is 12.6. The molecule has 11 heteroatoms. The second-order valence-corrected chi connectivity index (χ2v) is 12.6. The molecule has 3 fully saturated rings. The number of allylic oxidation sites excluding steroid dienone is 2. The predicted molar refractivity (Wildman–Crippen MR) is 168 cm³/mol. The maximum Gasteiger partial charge on any atom is 0.416 e. The zero-order chi connectivity index (χ0) is 32.1. The Morgan fingerprint density at radius 1 is 1.00 bits per heavy atom. The highest BCUT2D eigenvalue weighted by Crippen LogP contribution is 2.59. The molecule has 4 aliphatic heterocycles. The number of amides is 1. The molecule has 5 aliphatic rings. The van der Waals surface area contributed by atoms with Gasteiger partial charge in [-0.3, -0.25) is 14.6 Å². The van der Waals surface area contributed by atoms with Crippen LogP contribution in [0.5, 0.6) is 0 Å². The first kappa shape index (κ1) is 30.6. The number of hydrogen-bond donors (Lipinski definition) is 3. The number of carbonyl (C=O) groups is 1. The van der Waals surface area contributed by atoms with Crippen molar-refractivity contribution in [3.63, 3.8) is 0 Å². The van der Waals surface area contributed by atoms with E-state index in [1.165, 1.54) is 18.2 Å². The van der Waals surface area contributed by atoms with Crippen LogP contribution in [0.1, 0.15) is 42.4 Å². The van der Waals surface area contributed by atoms with Crippen molar-refractivity contribution in [1.82, 2.24) is 20.0 Å². The van der Waals surface area contributed by atoms with Gasteiger partial charge in [0.25, 0.3) is 5.91 Å².